The van der Waals surface area contributed by atoms with Gasteiger partial charge in [-0.25, -0.2) is 0 Å². The molecule has 1 aromatic rings. The largest absolute Gasteiger partial charge is 0.388 e. The Morgan fingerprint density at radius 2 is 1.91 bits per heavy atom. The Kier molecular flexibility index (Phi) is 2.80. The molecule has 1 rings (SSSR count). The Labute approximate surface area is 64.4 Å². The van der Waals surface area contributed by atoms with Crippen molar-refractivity contribution in [1.82, 2.24) is 0 Å². The topological polar surface area (TPSA) is 63.1 Å². The quantitative estimate of drug-likeness (QED) is 0.295. The highest BCUT2D eigenvalue weighted by Crippen LogP contribution is 2.09. The van der Waals surface area contributed by atoms with Crippen LogP contribution in [0, 0.1) is 0 Å². The molecule has 0 fully saturated rings. The Bertz CT molecular complexity index is 252. The summed E-state index contributed by atoms with van der Waals surface area (Å²) in [6.45, 7) is 0. The highest BCUT2D eigenvalue weighted by molar-refractivity contribution is 5.50. The maximum atomic E-state index is 4.95. The standard InChI is InChI=1S/C7H8N4/c8-6-9-11-10-7-4-2-1-3-5-7/h1-6H,(H2,8,9,10). The predicted octanol–water partition coefficient (Wildman–Crippen LogP) is 1.67. The number of nitrogens with zero attached hydrogens (tertiary/aromatic N) is 3. The van der Waals surface area contributed by atoms with Crippen molar-refractivity contribution in [3.05, 3.63) is 30.3 Å². The van der Waals surface area contributed by atoms with Gasteiger partial charge in [-0.3, -0.25) is 0 Å². The van der Waals surface area contributed by atoms with Gasteiger partial charge >= 0.3 is 0 Å². The van der Waals surface area contributed by atoms with Crippen molar-refractivity contribution < 1.29 is 0 Å². The van der Waals surface area contributed by atoms with Crippen LogP contribution >= 0.6 is 0 Å². The second-order valence-electron chi connectivity index (χ2n) is 1.79. The van der Waals surface area contributed by atoms with Crippen LogP contribution in [-0.2, 0) is 0 Å². The van der Waals surface area contributed by atoms with Gasteiger partial charge < -0.3 is 5.73 Å². The van der Waals surface area contributed by atoms with E-state index in [1.54, 1.807) is 0 Å². The molecular formula is C7H8N4. The summed E-state index contributed by atoms with van der Waals surface area (Å²) < 4.78 is 0. The molecule has 0 spiro atoms. The maximum Gasteiger partial charge on any atom is 0.110 e. The van der Waals surface area contributed by atoms with Gasteiger partial charge in [-0.05, 0) is 17.4 Å². The third-order valence-electron chi connectivity index (χ3n) is 1.03. The van der Waals surface area contributed by atoms with Crippen LogP contribution in [0.1, 0.15) is 0 Å². The smallest absolute Gasteiger partial charge is 0.110 e. The summed E-state index contributed by atoms with van der Waals surface area (Å²) >= 11 is 0. The minimum Gasteiger partial charge on any atom is -0.388 e. The fraction of sp³-hybridized carbons (Fsp3) is 0. The first-order valence-corrected chi connectivity index (χ1v) is 3.13. The van der Waals surface area contributed by atoms with Crippen LogP contribution in [0.3, 0.4) is 0 Å². The van der Waals surface area contributed by atoms with Crippen LogP contribution in [0.2, 0.25) is 0 Å². The molecule has 0 amide bonds. The minimum absolute atomic E-state index is 0.762. The zero-order valence-electron chi connectivity index (χ0n) is 5.88. The van der Waals surface area contributed by atoms with Crippen LogP contribution in [0.15, 0.2) is 45.8 Å². The predicted molar refractivity (Wildman–Crippen MR) is 43.6 cm³/mol. The molecule has 0 saturated carbocycles. The summed E-state index contributed by atoms with van der Waals surface area (Å²) in [5.74, 6) is 0. The number of hydrogen-bond donors (Lipinski definition) is 1. The van der Waals surface area contributed by atoms with Crippen LogP contribution in [-0.4, -0.2) is 6.34 Å². The average Bonchev–Trinajstić information content (AvgIpc) is 2.07. The van der Waals surface area contributed by atoms with E-state index in [9.17, 15) is 0 Å². The van der Waals surface area contributed by atoms with E-state index in [-0.39, 0.29) is 0 Å². The lowest BCUT2D eigenvalue weighted by Crippen LogP contribution is -1.84. The number of rotatable bonds is 2. The molecule has 0 atom stereocenters. The molecule has 0 aliphatic rings. The summed E-state index contributed by atoms with van der Waals surface area (Å²) in [5.41, 5.74) is 5.71. The van der Waals surface area contributed by atoms with Crippen molar-refractivity contribution in [3.63, 3.8) is 0 Å². The second kappa shape index (κ2) is 4.16. The highest BCUT2D eigenvalue weighted by atomic mass is 15.4. The molecule has 0 unspecified atom stereocenters. The van der Waals surface area contributed by atoms with Gasteiger partial charge in [0.1, 0.15) is 6.34 Å². The first-order valence-electron chi connectivity index (χ1n) is 3.13. The number of hydrogen-bond acceptors (Lipinski definition) is 2. The van der Waals surface area contributed by atoms with E-state index in [1.807, 2.05) is 30.3 Å². The van der Waals surface area contributed by atoms with Crippen molar-refractivity contribution >= 4 is 12.0 Å². The Morgan fingerprint density at radius 1 is 1.18 bits per heavy atom. The average molecular weight is 148 g/mol. The lowest BCUT2D eigenvalue weighted by molar-refractivity contribution is 1.06. The van der Waals surface area contributed by atoms with Crippen molar-refractivity contribution in [2.24, 2.45) is 21.2 Å². The Morgan fingerprint density at radius 3 is 2.55 bits per heavy atom. The van der Waals surface area contributed by atoms with Gasteiger partial charge in [-0.15, -0.1) is 10.2 Å². The van der Waals surface area contributed by atoms with E-state index in [0.717, 1.165) is 12.0 Å². The minimum atomic E-state index is 0.762. The zero-order valence-corrected chi connectivity index (χ0v) is 5.88. The van der Waals surface area contributed by atoms with E-state index in [0.29, 0.717) is 0 Å². The van der Waals surface area contributed by atoms with Gasteiger partial charge in [0.2, 0.25) is 0 Å². The fourth-order valence-corrected chi connectivity index (χ4v) is 0.602. The second-order valence-corrected chi connectivity index (χ2v) is 1.79. The number of benzene rings is 1. The van der Waals surface area contributed by atoms with Crippen LogP contribution in [0.4, 0.5) is 5.69 Å². The normalized spacial score (nSPS) is 11.3. The van der Waals surface area contributed by atoms with Crippen LogP contribution in [0.25, 0.3) is 0 Å². The molecule has 2 N–H and O–H groups in total. The molecule has 1 aromatic carbocycles. The van der Waals surface area contributed by atoms with E-state index in [4.69, 9.17) is 5.73 Å². The van der Waals surface area contributed by atoms with Gasteiger partial charge in [-0.2, -0.15) is 0 Å². The highest BCUT2D eigenvalue weighted by Gasteiger charge is 1.81. The molecule has 0 aliphatic carbocycles. The molecular weight excluding hydrogens is 140 g/mol. The SMILES string of the molecule is N/C=N\N=Nc1ccccc1. The van der Waals surface area contributed by atoms with Gasteiger partial charge in [0.05, 0.1) is 5.69 Å². The first kappa shape index (κ1) is 7.40. The summed E-state index contributed by atoms with van der Waals surface area (Å²) in [6, 6.07) is 9.32. The maximum absolute atomic E-state index is 4.95. The lowest BCUT2D eigenvalue weighted by Gasteiger charge is -1.85. The third-order valence-corrected chi connectivity index (χ3v) is 1.03. The molecule has 0 saturated heterocycles. The van der Waals surface area contributed by atoms with E-state index < -0.39 is 0 Å². The molecule has 0 radical (unpaired) electrons. The number of nitrogens with two attached hydrogens (primary N) is 1. The molecule has 56 valence electrons. The molecule has 0 aliphatic heterocycles. The molecule has 0 bridgehead atoms. The van der Waals surface area contributed by atoms with Gasteiger partial charge in [0.25, 0.3) is 0 Å². The Hall–Kier alpha value is -1.71. The van der Waals surface area contributed by atoms with Crippen LogP contribution < -0.4 is 5.73 Å². The Balaban J connectivity index is 2.64. The van der Waals surface area contributed by atoms with E-state index >= 15 is 0 Å². The van der Waals surface area contributed by atoms with E-state index in [1.165, 1.54) is 0 Å². The summed E-state index contributed by atoms with van der Waals surface area (Å²) in [6.07, 6.45) is 1.09. The van der Waals surface area contributed by atoms with Gasteiger partial charge in [-0.1, -0.05) is 18.2 Å². The van der Waals surface area contributed by atoms with Crippen molar-refractivity contribution in [2.75, 3.05) is 0 Å². The van der Waals surface area contributed by atoms with Crippen molar-refractivity contribution in [3.8, 4) is 0 Å². The van der Waals surface area contributed by atoms with Gasteiger partial charge in [0.15, 0.2) is 0 Å². The molecule has 4 nitrogen and oxygen atoms in total. The lowest BCUT2D eigenvalue weighted by atomic mass is 10.3. The van der Waals surface area contributed by atoms with Gasteiger partial charge in [0, 0.05) is 0 Å². The molecule has 0 aromatic heterocycles. The van der Waals surface area contributed by atoms with E-state index in [2.05, 4.69) is 15.4 Å². The summed E-state index contributed by atoms with van der Waals surface area (Å²) in [4.78, 5) is 0. The van der Waals surface area contributed by atoms with Crippen LogP contribution in [0.5, 0.6) is 0 Å². The summed E-state index contributed by atoms with van der Waals surface area (Å²) in [7, 11) is 0. The fourth-order valence-electron chi connectivity index (χ4n) is 0.602. The monoisotopic (exact) mass is 148 g/mol. The molecule has 4 heteroatoms. The van der Waals surface area contributed by atoms with Crippen molar-refractivity contribution in [1.29, 1.82) is 0 Å². The van der Waals surface area contributed by atoms with Crippen molar-refractivity contribution in [2.45, 2.75) is 0 Å². The third kappa shape index (κ3) is 2.57. The molecule has 11 heavy (non-hydrogen) atoms. The molecule has 0 heterocycles. The summed E-state index contributed by atoms with van der Waals surface area (Å²) in [5, 5.41) is 10.6. The first-order chi connectivity index (χ1) is 5.43. The zero-order chi connectivity index (χ0) is 7.94.